The van der Waals surface area contributed by atoms with Crippen LogP contribution in [0.4, 0.5) is 5.82 Å². The van der Waals surface area contributed by atoms with E-state index in [-0.39, 0.29) is 11.7 Å². The minimum Gasteiger partial charge on any atom is -0.310 e. The second-order valence-corrected chi connectivity index (χ2v) is 8.93. The summed E-state index contributed by atoms with van der Waals surface area (Å²) in [5.74, 6) is 1.28. The highest BCUT2D eigenvalue weighted by Crippen LogP contribution is 2.25. The van der Waals surface area contributed by atoms with Crippen molar-refractivity contribution < 1.29 is 4.79 Å². The number of aromatic nitrogens is 6. The van der Waals surface area contributed by atoms with Crippen LogP contribution in [-0.4, -0.2) is 41.4 Å². The number of hydrogen-bond donors (Lipinski definition) is 1. The Morgan fingerprint density at radius 1 is 0.857 bits per heavy atom. The van der Waals surface area contributed by atoms with Crippen molar-refractivity contribution in [3.05, 3.63) is 96.3 Å². The molecule has 0 spiro atoms. The average molecular weight is 482 g/mol. The summed E-state index contributed by atoms with van der Waals surface area (Å²) in [6.07, 6.45) is 0. The molecule has 0 atom stereocenters. The second kappa shape index (κ2) is 9.94. The van der Waals surface area contributed by atoms with E-state index in [0.29, 0.717) is 16.7 Å². The molecule has 3 heterocycles. The lowest BCUT2D eigenvalue weighted by atomic mass is 10.2. The Labute approximate surface area is 207 Å². The number of benzene rings is 2. The fourth-order valence-corrected chi connectivity index (χ4v) is 4.28. The maximum absolute atomic E-state index is 12.8. The maximum atomic E-state index is 12.8. The zero-order valence-electron chi connectivity index (χ0n) is 19.3. The molecule has 2 aromatic carbocycles. The summed E-state index contributed by atoms with van der Waals surface area (Å²) in [6, 6.07) is 27.2. The molecule has 0 aliphatic rings. The molecule has 0 aliphatic heterocycles. The standard InChI is InChI=1S/C26H23N7OS/c1-18-15-19(2)32(30-18)23-13-14-26(29-28-23)35-17-25(34)27-24-16-22(20-9-5-3-6-10-20)31-33(24)21-11-7-4-8-12-21/h3-16H,17H2,1-2H3,(H,27,34). The highest BCUT2D eigenvalue weighted by atomic mass is 32.2. The van der Waals surface area contributed by atoms with Crippen LogP contribution in [0.3, 0.4) is 0 Å². The number of carbonyl (C=O) groups is 1. The SMILES string of the molecule is Cc1cc(C)n(-c2ccc(SCC(=O)Nc3cc(-c4ccccc4)nn3-c3ccccc3)nn2)n1. The van der Waals surface area contributed by atoms with Crippen LogP contribution >= 0.6 is 11.8 Å². The molecule has 5 rings (SSSR count). The fourth-order valence-electron chi connectivity index (χ4n) is 3.67. The van der Waals surface area contributed by atoms with E-state index in [2.05, 4.69) is 20.6 Å². The molecule has 0 unspecified atom stereocenters. The highest BCUT2D eigenvalue weighted by Gasteiger charge is 2.14. The van der Waals surface area contributed by atoms with Crippen molar-refractivity contribution >= 4 is 23.5 Å². The number of carbonyl (C=O) groups excluding carboxylic acids is 1. The number of nitrogens with one attached hydrogen (secondary N) is 1. The van der Waals surface area contributed by atoms with Gasteiger partial charge in [-0.05, 0) is 44.2 Å². The lowest BCUT2D eigenvalue weighted by Gasteiger charge is -2.08. The Balaban J connectivity index is 1.30. The molecule has 0 saturated heterocycles. The average Bonchev–Trinajstić information content (AvgIpc) is 3.46. The molecule has 0 radical (unpaired) electrons. The predicted molar refractivity (Wildman–Crippen MR) is 137 cm³/mol. The van der Waals surface area contributed by atoms with Crippen LogP contribution in [0.2, 0.25) is 0 Å². The summed E-state index contributed by atoms with van der Waals surface area (Å²) < 4.78 is 3.49. The van der Waals surface area contributed by atoms with Gasteiger partial charge in [0, 0.05) is 17.3 Å². The number of aryl methyl sites for hydroxylation is 2. The molecule has 9 heteroatoms. The number of hydrogen-bond acceptors (Lipinski definition) is 6. The third kappa shape index (κ3) is 5.15. The van der Waals surface area contributed by atoms with Gasteiger partial charge in [-0.15, -0.1) is 10.2 Å². The van der Waals surface area contributed by atoms with Crippen molar-refractivity contribution in [3.63, 3.8) is 0 Å². The topological polar surface area (TPSA) is 90.5 Å². The first-order chi connectivity index (χ1) is 17.1. The van der Waals surface area contributed by atoms with Gasteiger partial charge in [0.25, 0.3) is 0 Å². The van der Waals surface area contributed by atoms with Crippen molar-refractivity contribution in [1.29, 1.82) is 0 Å². The van der Waals surface area contributed by atoms with Gasteiger partial charge in [0.05, 0.1) is 22.8 Å². The van der Waals surface area contributed by atoms with E-state index in [1.165, 1.54) is 11.8 Å². The Hall–Kier alpha value is -4.24. The summed E-state index contributed by atoms with van der Waals surface area (Å²) in [6.45, 7) is 3.91. The van der Waals surface area contributed by atoms with Crippen LogP contribution in [0.1, 0.15) is 11.4 Å². The van der Waals surface area contributed by atoms with Crippen LogP contribution in [-0.2, 0) is 4.79 Å². The van der Waals surface area contributed by atoms with Crippen molar-refractivity contribution in [1.82, 2.24) is 29.8 Å². The molecular weight excluding hydrogens is 458 g/mol. The van der Waals surface area contributed by atoms with Crippen LogP contribution in [0.25, 0.3) is 22.8 Å². The van der Waals surface area contributed by atoms with Gasteiger partial charge in [0.1, 0.15) is 10.8 Å². The summed E-state index contributed by atoms with van der Waals surface area (Å²) in [4.78, 5) is 12.8. The molecule has 0 bridgehead atoms. The van der Waals surface area contributed by atoms with Crippen molar-refractivity contribution in [2.24, 2.45) is 0 Å². The van der Waals surface area contributed by atoms with Gasteiger partial charge < -0.3 is 5.32 Å². The Morgan fingerprint density at radius 3 is 2.26 bits per heavy atom. The summed E-state index contributed by atoms with van der Waals surface area (Å²) in [5, 5.41) is 21.3. The number of amides is 1. The monoisotopic (exact) mass is 481 g/mol. The maximum Gasteiger partial charge on any atom is 0.235 e. The predicted octanol–water partition coefficient (Wildman–Crippen LogP) is 4.86. The van der Waals surface area contributed by atoms with Gasteiger partial charge in [-0.3, -0.25) is 4.79 Å². The Kier molecular flexibility index (Phi) is 6.40. The zero-order chi connectivity index (χ0) is 24.2. The van der Waals surface area contributed by atoms with Crippen molar-refractivity contribution in [3.8, 4) is 22.8 Å². The molecule has 3 aromatic heterocycles. The highest BCUT2D eigenvalue weighted by molar-refractivity contribution is 7.99. The first kappa shape index (κ1) is 22.5. The lowest BCUT2D eigenvalue weighted by molar-refractivity contribution is -0.113. The summed E-state index contributed by atoms with van der Waals surface area (Å²) >= 11 is 1.32. The second-order valence-electron chi connectivity index (χ2n) is 7.93. The third-order valence-corrected chi connectivity index (χ3v) is 6.17. The Morgan fingerprint density at radius 2 is 1.60 bits per heavy atom. The van der Waals surface area contributed by atoms with E-state index in [1.807, 2.05) is 98.8 Å². The van der Waals surface area contributed by atoms with E-state index in [9.17, 15) is 4.79 Å². The van der Waals surface area contributed by atoms with Gasteiger partial charge in [0.15, 0.2) is 5.82 Å². The quantitative estimate of drug-likeness (QED) is 0.334. The molecular formula is C26H23N7OS. The molecule has 0 fully saturated rings. The minimum absolute atomic E-state index is 0.156. The molecule has 1 amide bonds. The summed E-state index contributed by atoms with van der Waals surface area (Å²) in [5.41, 5.74) is 4.53. The van der Waals surface area contributed by atoms with Crippen LogP contribution in [0, 0.1) is 13.8 Å². The number of para-hydroxylation sites is 1. The summed E-state index contributed by atoms with van der Waals surface area (Å²) in [7, 11) is 0. The zero-order valence-corrected chi connectivity index (χ0v) is 20.1. The normalized spacial score (nSPS) is 10.9. The lowest BCUT2D eigenvalue weighted by Crippen LogP contribution is -2.17. The molecule has 0 saturated carbocycles. The number of nitrogens with zero attached hydrogens (tertiary/aromatic N) is 6. The van der Waals surface area contributed by atoms with E-state index < -0.39 is 0 Å². The minimum atomic E-state index is -0.156. The molecule has 8 nitrogen and oxygen atoms in total. The van der Waals surface area contributed by atoms with Gasteiger partial charge >= 0.3 is 0 Å². The molecule has 1 N–H and O–H groups in total. The van der Waals surface area contributed by atoms with E-state index in [1.54, 1.807) is 9.36 Å². The fraction of sp³-hybridized carbons (Fsp3) is 0.115. The van der Waals surface area contributed by atoms with Gasteiger partial charge in [-0.1, -0.05) is 60.3 Å². The number of anilines is 1. The first-order valence-corrected chi connectivity index (χ1v) is 12.1. The van der Waals surface area contributed by atoms with Crippen LogP contribution in [0.15, 0.2) is 90.0 Å². The van der Waals surface area contributed by atoms with E-state index >= 15 is 0 Å². The number of rotatable bonds is 7. The largest absolute Gasteiger partial charge is 0.310 e. The molecule has 35 heavy (non-hydrogen) atoms. The van der Waals surface area contributed by atoms with E-state index in [4.69, 9.17) is 5.10 Å². The van der Waals surface area contributed by atoms with Gasteiger partial charge in [-0.2, -0.15) is 10.2 Å². The van der Waals surface area contributed by atoms with Crippen molar-refractivity contribution in [2.45, 2.75) is 18.9 Å². The van der Waals surface area contributed by atoms with Gasteiger partial charge in [-0.25, -0.2) is 9.36 Å². The smallest absolute Gasteiger partial charge is 0.235 e. The number of thioether (sulfide) groups is 1. The van der Waals surface area contributed by atoms with Gasteiger partial charge in [0.2, 0.25) is 5.91 Å². The van der Waals surface area contributed by atoms with E-state index in [0.717, 1.165) is 28.3 Å². The van der Waals surface area contributed by atoms with Crippen LogP contribution < -0.4 is 5.32 Å². The molecule has 0 aliphatic carbocycles. The molecule has 174 valence electrons. The first-order valence-electron chi connectivity index (χ1n) is 11.1. The Bertz CT molecular complexity index is 1440. The third-order valence-electron chi connectivity index (χ3n) is 5.25. The van der Waals surface area contributed by atoms with Crippen LogP contribution in [0.5, 0.6) is 0 Å². The molecule has 5 aromatic rings. The van der Waals surface area contributed by atoms with Crippen molar-refractivity contribution in [2.75, 3.05) is 11.1 Å².